The van der Waals surface area contributed by atoms with E-state index in [-0.39, 0.29) is 28.9 Å². The zero-order chi connectivity index (χ0) is 14.7. The molecule has 1 N–H and O–H groups in total. The van der Waals surface area contributed by atoms with E-state index < -0.39 is 4.92 Å². The third-order valence-corrected chi connectivity index (χ3v) is 3.77. The number of nitro groups is 1. The van der Waals surface area contributed by atoms with Crippen LogP contribution >= 0.6 is 0 Å². The van der Waals surface area contributed by atoms with Crippen LogP contribution in [-0.4, -0.2) is 33.4 Å². The minimum atomic E-state index is -0.588. The number of nitrogens with zero attached hydrogens (tertiary/aromatic N) is 2. The monoisotopic (exact) mass is 278 g/mol. The van der Waals surface area contributed by atoms with Gasteiger partial charge in [-0.15, -0.1) is 0 Å². The number of benzene rings is 1. The van der Waals surface area contributed by atoms with E-state index in [1.807, 2.05) is 6.92 Å². The van der Waals surface area contributed by atoms with Crippen molar-refractivity contribution >= 4 is 11.6 Å². The molecule has 1 aliphatic rings. The molecule has 0 spiro atoms. The van der Waals surface area contributed by atoms with Crippen molar-refractivity contribution in [1.82, 2.24) is 4.90 Å². The molecule has 1 fully saturated rings. The molecule has 1 aliphatic carbocycles. The van der Waals surface area contributed by atoms with Crippen LogP contribution < -0.4 is 0 Å². The highest BCUT2D eigenvalue weighted by Gasteiger charge is 2.30. The molecule has 0 bridgehead atoms. The van der Waals surface area contributed by atoms with Crippen LogP contribution in [0.5, 0.6) is 5.75 Å². The Bertz CT molecular complexity index is 524. The van der Waals surface area contributed by atoms with E-state index in [1.54, 1.807) is 4.90 Å². The smallest absolute Gasteiger partial charge is 0.282 e. The van der Waals surface area contributed by atoms with Gasteiger partial charge in [-0.2, -0.15) is 0 Å². The fourth-order valence-electron chi connectivity index (χ4n) is 2.79. The van der Waals surface area contributed by atoms with Crippen LogP contribution in [0.15, 0.2) is 18.2 Å². The van der Waals surface area contributed by atoms with Gasteiger partial charge in [0.2, 0.25) is 0 Å². The van der Waals surface area contributed by atoms with Crippen LogP contribution in [0, 0.1) is 10.1 Å². The summed E-state index contributed by atoms with van der Waals surface area (Å²) in [6.45, 7) is 2.38. The summed E-state index contributed by atoms with van der Waals surface area (Å²) in [6, 6.07) is 3.72. The van der Waals surface area contributed by atoms with Gasteiger partial charge in [0.1, 0.15) is 11.3 Å². The molecule has 0 radical (unpaired) electrons. The molecule has 6 heteroatoms. The molecule has 0 heterocycles. The van der Waals surface area contributed by atoms with Crippen molar-refractivity contribution in [3.63, 3.8) is 0 Å². The Morgan fingerprint density at radius 1 is 1.45 bits per heavy atom. The normalized spacial score (nSPS) is 15.2. The maximum atomic E-state index is 12.6. The molecule has 1 aromatic carbocycles. The summed E-state index contributed by atoms with van der Waals surface area (Å²) < 4.78 is 0. The van der Waals surface area contributed by atoms with Crippen molar-refractivity contribution in [2.24, 2.45) is 0 Å². The van der Waals surface area contributed by atoms with Crippen molar-refractivity contribution in [2.75, 3.05) is 6.54 Å². The second-order valence-electron chi connectivity index (χ2n) is 4.99. The van der Waals surface area contributed by atoms with Crippen molar-refractivity contribution in [2.45, 2.75) is 38.6 Å². The largest absolute Gasteiger partial charge is 0.508 e. The number of carbonyl (C=O) groups is 1. The molecule has 1 aromatic rings. The van der Waals surface area contributed by atoms with Gasteiger partial charge in [-0.1, -0.05) is 12.8 Å². The van der Waals surface area contributed by atoms with E-state index in [2.05, 4.69) is 0 Å². The van der Waals surface area contributed by atoms with Crippen LogP contribution in [0.1, 0.15) is 43.0 Å². The molecule has 1 saturated carbocycles. The number of hydrogen-bond donors (Lipinski definition) is 1. The highest BCUT2D eigenvalue weighted by molar-refractivity contribution is 5.98. The molecule has 20 heavy (non-hydrogen) atoms. The van der Waals surface area contributed by atoms with E-state index in [0.717, 1.165) is 25.7 Å². The zero-order valence-corrected chi connectivity index (χ0v) is 11.4. The van der Waals surface area contributed by atoms with Gasteiger partial charge in [0.15, 0.2) is 0 Å². The van der Waals surface area contributed by atoms with Gasteiger partial charge < -0.3 is 10.0 Å². The molecule has 1 amide bonds. The number of aromatic hydroxyl groups is 1. The van der Waals surface area contributed by atoms with Gasteiger partial charge >= 0.3 is 0 Å². The fraction of sp³-hybridized carbons (Fsp3) is 0.500. The summed E-state index contributed by atoms with van der Waals surface area (Å²) in [6.07, 6.45) is 4.03. The van der Waals surface area contributed by atoms with Gasteiger partial charge in [-0.05, 0) is 31.9 Å². The first-order valence-electron chi connectivity index (χ1n) is 6.83. The van der Waals surface area contributed by atoms with Crippen LogP contribution in [0.2, 0.25) is 0 Å². The summed E-state index contributed by atoms with van der Waals surface area (Å²) in [7, 11) is 0. The number of hydrogen-bond acceptors (Lipinski definition) is 4. The summed E-state index contributed by atoms with van der Waals surface area (Å²) in [5.74, 6) is -0.511. The Morgan fingerprint density at radius 2 is 2.10 bits per heavy atom. The van der Waals surface area contributed by atoms with E-state index in [0.29, 0.717) is 6.54 Å². The molecule has 0 aromatic heterocycles. The van der Waals surface area contributed by atoms with Crippen molar-refractivity contribution in [3.8, 4) is 5.75 Å². The highest BCUT2D eigenvalue weighted by Crippen LogP contribution is 2.29. The predicted octanol–water partition coefficient (Wildman–Crippen LogP) is 2.71. The first-order chi connectivity index (χ1) is 9.54. The van der Waals surface area contributed by atoms with Gasteiger partial charge in [-0.3, -0.25) is 14.9 Å². The van der Waals surface area contributed by atoms with Crippen LogP contribution in [0.3, 0.4) is 0 Å². The van der Waals surface area contributed by atoms with E-state index >= 15 is 0 Å². The summed E-state index contributed by atoms with van der Waals surface area (Å²) in [5.41, 5.74) is -0.298. The number of phenolic OH excluding ortho intramolecular Hbond substituents is 1. The highest BCUT2D eigenvalue weighted by atomic mass is 16.6. The first-order valence-corrected chi connectivity index (χ1v) is 6.83. The standard InChI is InChI=1S/C14H18N2O4/c1-2-15(10-5-3-4-6-10)14(18)12-9-11(17)7-8-13(12)16(19)20/h7-10,17H,2-6H2,1H3. The zero-order valence-electron chi connectivity index (χ0n) is 11.4. The fourth-order valence-corrected chi connectivity index (χ4v) is 2.79. The summed E-state index contributed by atoms with van der Waals surface area (Å²) in [5, 5.41) is 20.5. The topological polar surface area (TPSA) is 83.7 Å². The first kappa shape index (κ1) is 14.3. The number of amides is 1. The minimum Gasteiger partial charge on any atom is -0.508 e. The van der Waals surface area contributed by atoms with Gasteiger partial charge in [0.25, 0.3) is 11.6 Å². The lowest BCUT2D eigenvalue weighted by Crippen LogP contribution is -2.38. The molecule has 108 valence electrons. The second-order valence-corrected chi connectivity index (χ2v) is 4.99. The van der Waals surface area contributed by atoms with Gasteiger partial charge in [0.05, 0.1) is 4.92 Å². The molecule has 0 aliphatic heterocycles. The van der Waals surface area contributed by atoms with Gasteiger partial charge in [0, 0.05) is 18.7 Å². The maximum Gasteiger partial charge on any atom is 0.282 e. The van der Waals surface area contributed by atoms with E-state index in [4.69, 9.17) is 0 Å². The molecule has 2 rings (SSSR count). The maximum absolute atomic E-state index is 12.6. The number of nitro benzene ring substituents is 1. The number of rotatable bonds is 4. The lowest BCUT2D eigenvalue weighted by atomic mass is 10.1. The molecule has 0 saturated heterocycles. The Hall–Kier alpha value is -2.11. The molecule has 0 unspecified atom stereocenters. The lowest BCUT2D eigenvalue weighted by Gasteiger charge is -2.27. The Labute approximate surface area is 117 Å². The summed E-state index contributed by atoms with van der Waals surface area (Å²) in [4.78, 5) is 24.7. The lowest BCUT2D eigenvalue weighted by molar-refractivity contribution is -0.385. The number of carbonyl (C=O) groups excluding carboxylic acids is 1. The average Bonchev–Trinajstić information content (AvgIpc) is 2.93. The van der Waals surface area contributed by atoms with E-state index in [1.165, 1.54) is 18.2 Å². The third kappa shape index (κ3) is 2.74. The minimum absolute atomic E-state index is 0.0382. The van der Waals surface area contributed by atoms with Gasteiger partial charge in [-0.25, -0.2) is 0 Å². The average molecular weight is 278 g/mol. The predicted molar refractivity (Wildman–Crippen MR) is 73.7 cm³/mol. The molecule has 0 atom stereocenters. The Kier molecular flexibility index (Phi) is 4.22. The van der Waals surface area contributed by atoms with Crippen LogP contribution in [-0.2, 0) is 0 Å². The Balaban J connectivity index is 2.35. The molecule has 6 nitrogen and oxygen atoms in total. The van der Waals surface area contributed by atoms with E-state index in [9.17, 15) is 20.0 Å². The third-order valence-electron chi connectivity index (χ3n) is 3.77. The quantitative estimate of drug-likeness (QED) is 0.678. The second kappa shape index (κ2) is 5.90. The van der Waals surface area contributed by atoms with Crippen molar-refractivity contribution < 1.29 is 14.8 Å². The SMILES string of the molecule is CCN(C(=O)c1cc(O)ccc1[N+](=O)[O-])C1CCCC1. The van der Waals surface area contributed by atoms with Crippen molar-refractivity contribution in [3.05, 3.63) is 33.9 Å². The summed E-state index contributed by atoms with van der Waals surface area (Å²) >= 11 is 0. The van der Waals surface area contributed by atoms with Crippen LogP contribution in [0.4, 0.5) is 5.69 Å². The van der Waals surface area contributed by atoms with Crippen molar-refractivity contribution in [1.29, 1.82) is 0 Å². The molecular weight excluding hydrogens is 260 g/mol. The Morgan fingerprint density at radius 3 is 2.65 bits per heavy atom. The molecular formula is C14H18N2O4. The number of phenols is 1. The van der Waals surface area contributed by atoms with Crippen LogP contribution in [0.25, 0.3) is 0 Å².